The van der Waals surface area contributed by atoms with Crippen molar-refractivity contribution in [2.24, 2.45) is 23.7 Å². The summed E-state index contributed by atoms with van der Waals surface area (Å²) in [5, 5.41) is 33.9. The largest absolute Gasteiger partial charge is 0.523 e. The monoisotopic (exact) mass is 798 g/mol. The number of alkyl halides is 3. The zero-order valence-corrected chi connectivity index (χ0v) is 33.3. The first-order chi connectivity index (χ1) is 25.2. The Hall–Kier alpha value is -1.96. The third kappa shape index (κ3) is 12.8. The van der Waals surface area contributed by atoms with E-state index >= 15 is 0 Å². The number of allylic oxidation sites excluding steroid dienone is 3. The first-order valence-electron chi connectivity index (χ1n) is 19.0. The maximum Gasteiger partial charge on any atom is 0.523 e. The average Bonchev–Trinajstić information content (AvgIpc) is 3.09. The summed E-state index contributed by atoms with van der Waals surface area (Å²) in [5.41, 5.74) is -5.28. The summed E-state index contributed by atoms with van der Waals surface area (Å²) >= 11 is 0. The predicted octanol–water partition coefficient (Wildman–Crippen LogP) is 3.56. The van der Waals surface area contributed by atoms with E-state index in [2.05, 4.69) is 9.08 Å². The van der Waals surface area contributed by atoms with Crippen LogP contribution in [0.2, 0.25) is 0 Å². The van der Waals surface area contributed by atoms with Gasteiger partial charge in [-0.1, -0.05) is 44.9 Å². The van der Waals surface area contributed by atoms with Crippen LogP contribution in [-0.2, 0) is 38.1 Å². The van der Waals surface area contributed by atoms with Crippen molar-refractivity contribution in [1.82, 2.24) is 9.80 Å². The lowest BCUT2D eigenvalue weighted by molar-refractivity contribution is -0.304. The SMILES string of the molecule is CCC1OC(=O)CC(O)C(C)C(OC2OC(C)C(O)C(N(C)C)C2O)C(CCN2CCCCC2)CC(C)C(=O)/C=C/C(C)=C/C1COS(=O)(=O)C(F)(F)F. The Morgan fingerprint density at radius 2 is 1.67 bits per heavy atom. The van der Waals surface area contributed by atoms with Crippen LogP contribution in [0.4, 0.5) is 13.2 Å². The van der Waals surface area contributed by atoms with Crippen LogP contribution < -0.4 is 0 Å². The molecule has 12 atom stereocenters. The van der Waals surface area contributed by atoms with E-state index in [-0.39, 0.29) is 18.1 Å². The zero-order valence-electron chi connectivity index (χ0n) is 32.5. The Morgan fingerprint density at radius 3 is 2.26 bits per heavy atom. The molecule has 13 nitrogen and oxygen atoms in total. The second-order valence-corrected chi connectivity index (χ2v) is 17.0. The molecule has 54 heavy (non-hydrogen) atoms. The van der Waals surface area contributed by atoms with Gasteiger partial charge in [0, 0.05) is 17.8 Å². The summed E-state index contributed by atoms with van der Waals surface area (Å²) in [6.45, 7) is 9.80. The number of ether oxygens (including phenoxy) is 3. The number of aliphatic hydroxyl groups is 3. The molecule has 3 rings (SSSR count). The lowest BCUT2D eigenvalue weighted by atomic mass is 9.79. The van der Waals surface area contributed by atoms with Crippen molar-refractivity contribution in [3.8, 4) is 0 Å². The van der Waals surface area contributed by atoms with E-state index < -0.39 is 101 Å². The number of carbonyl (C=O) groups is 2. The van der Waals surface area contributed by atoms with Crippen molar-refractivity contribution >= 4 is 21.9 Å². The van der Waals surface area contributed by atoms with Crippen molar-refractivity contribution < 1.29 is 64.9 Å². The highest BCUT2D eigenvalue weighted by atomic mass is 32.2. The molecule has 2 fully saturated rings. The Kier molecular flexibility index (Phi) is 17.6. The molecule has 3 N–H and O–H groups in total. The first-order valence-corrected chi connectivity index (χ1v) is 20.4. The Balaban J connectivity index is 2.04. The number of carbonyl (C=O) groups excluding carboxylic acids is 2. The van der Waals surface area contributed by atoms with Gasteiger partial charge in [0.1, 0.15) is 12.2 Å². The molecule has 0 aromatic heterocycles. The fourth-order valence-corrected chi connectivity index (χ4v) is 8.08. The minimum atomic E-state index is -5.96. The van der Waals surface area contributed by atoms with Gasteiger partial charge in [-0.05, 0) is 91.7 Å². The van der Waals surface area contributed by atoms with Crippen molar-refractivity contribution in [2.45, 2.75) is 134 Å². The number of halogens is 3. The third-order valence-corrected chi connectivity index (χ3v) is 11.9. The summed E-state index contributed by atoms with van der Waals surface area (Å²) in [4.78, 5) is 31.0. The molecule has 0 amide bonds. The molecule has 0 saturated carbocycles. The Bertz CT molecular complexity index is 1390. The first kappa shape index (κ1) is 46.4. The molecule has 0 radical (unpaired) electrons. The normalized spacial score (nSPS) is 37.8. The molecule has 3 aliphatic heterocycles. The predicted molar refractivity (Wildman–Crippen MR) is 193 cm³/mol. The lowest BCUT2D eigenvalue weighted by Gasteiger charge is -2.47. The second kappa shape index (κ2) is 20.5. The maximum absolute atomic E-state index is 13.6. The van der Waals surface area contributed by atoms with Crippen molar-refractivity contribution in [2.75, 3.05) is 40.3 Å². The summed E-state index contributed by atoms with van der Waals surface area (Å²) in [6.07, 6.45) is 0.134. The fraction of sp³-hybridized carbons (Fsp3) is 0.838. The molecular weight excluding hydrogens is 737 g/mol. The lowest BCUT2D eigenvalue weighted by Crippen LogP contribution is -2.63. The summed E-state index contributed by atoms with van der Waals surface area (Å²) < 4.78 is 85.4. The van der Waals surface area contributed by atoms with Crippen LogP contribution in [-0.4, -0.2) is 140 Å². The molecule has 3 aliphatic rings. The summed E-state index contributed by atoms with van der Waals surface area (Å²) in [5.74, 6) is -4.05. The molecule has 0 spiro atoms. The van der Waals surface area contributed by atoms with Crippen LogP contribution in [0.1, 0.15) is 79.6 Å². The van der Waals surface area contributed by atoms with Crippen molar-refractivity contribution in [1.29, 1.82) is 0 Å². The molecule has 17 heteroatoms. The van der Waals surface area contributed by atoms with Gasteiger partial charge in [-0.3, -0.25) is 13.8 Å². The fourth-order valence-electron chi connectivity index (χ4n) is 7.61. The zero-order chi connectivity index (χ0) is 40.5. The number of cyclic esters (lactones) is 1. The summed E-state index contributed by atoms with van der Waals surface area (Å²) in [6, 6.07) is -0.747. The molecule has 312 valence electrons. The van der Waals surface area contributed by atoms with Crippen LogP contribution in [0.25, 0.3) is 0 Å². The van der Waals surface area contributed by atoms with Crippen molar-refractivity contribution in [3.05, 3.63) is 23.8 Å². The van der Waals surface area contributed by atoms with E-state index in [0.29, 0.717) is 25.0 Å². The molecule has 0 aliphatic carbocycles. The average molecular weight is 799 g/mol. The van der Waals surface area contributed by atoms with Gasteiger partial charge in [0.25, 0.3) is 0 Å². The Labute approximate surface area is 317 Å². The number of hydrogen-bond donors (Lipinski definition) is 3. The quantitative estimate of drug-likeness (QED) is 0.167. The van der Waals surface area contributed by atoms with Gasteiger partial charge in [-0.25, -0.2) is 0 Å². The number of ketones is 1. The minimum Gasteiger partial charge on any atom is -0.462 e. The number of likely N-dealkylation sites (N-methyl/N-ethyl adjacent to an activating group) is 1. The van der Waals surface area contributed by atoms with E-state index in [1.54, 1.807) is 53.6 Å². The number of piperidine rings is 1. The molecule has 0 aromatic rings. The van der Waals surface area contributed by atoms with E-state index in [1.165, 1.54) is 18.2 Å². The van der Waals surface area contributed by atoms with E-state index in [0.717, 1.165) is 32.4 Å². The third-order valence-electron chi connectivity index (χ3n) is 10.9. The Morgan fingerprint density at radius 1 is 1.02 bits per heavy atom. The second-order valence-electron chi connectivity index (χ2n) is 15.4. The van der Waals surface area contributed by atoms with Gasteiger partial charge in [-0.2, -0.15) is 21.6 Å². The number of aliphatic hydroxyl groups excluding tert-OH is 3. The standard InChI is InChI=1S/C37H61F3N2O11S/c1-8-30-27(21-50-54(48,49)37(38,39)40)18-22(2)12-13-28(43)23(3)19-26(14-17-42-15-10-9-11-16-42)35(24(4)29(44)20-31(45)52-30)53-36-34(47)32(41(6)7)33(46)25(5)51-36/h12-13,18,23-27,29-30,32-36,44,46-47H,8-11,14-17,19-21H2,1-7H3/b13-12+,22-18+. The van der Waals surface area contributed by atoms with Gasteiger partial charge in [-0.15, -0.1) is 0 Å². The van der Waals surface area contributed by atoms with Gasteiger partial charge in [0.05, 0.1) is 43.5 Å². The van der Waals surface area contributed by atoms with E-state index in [4.69, 9.17) is 14.2 Å². The molecular formula is C37H61F3N2O11S. The highest BCUT2D eigenvalue weighted by Gasteiger charge is 2.49. The molecule has 12 unspecified atom stereocenters. The number of rotatable bonds is 10. The molecule has 2 saturated heterocycles. The number of esters is 1. The highest BCUT2D eigenvalue weighted by molar-refractivity contribution is 7.87. The topological polar surface area (TPSA) is 172 Å². The molecule has 0 aromatic carbocycles. The molecule has 0 bridgehead atoms. The molecule has 3 heterocycles. The van der Waals surface area contributed by atoms with Crippen LogP contribution >= 0.6 is 0 Å². The van der Waals surface area contributed by atoms with E-state index in [1.807, 2.05) is 0 Å². The van der Waals surface area contributed by atoms with Crippen LogP contribution in [0, 0.1) is 23.7 Å². The maximum atomic E-state index is 13.6. The summed E-state index contributed by atoms with van der Waals surface area (Å²) in [7, 11) is -2.53. The van der Waals surface area contributed by atoms with Gasteiger partial charge >= 0.3 is 21.6 Å². The van der Waals surface area contributed by atoms with Crippen LogP contribution in [0.3, 0.4) is 0 Å². The number of likely N-dealkylation sites (tertiary alicyclic amines) is 1. The van der Waals surface area contributed by atoms with Gasteiger partial charge in [0.15, 0.2) is 12.1 Å². The van der Waals surface area contributed by atoms with Gasteiger partial charge < -0.3 is 39.3 Å². The van der Waals surface area contributed by atoms with Crippen LogP contribution in [0.5, 0.6) is 0 Å². The van der Waals surface area contributed by atoms with E-state index in [9.17, 15) is 46.5 Å². The number of nitrogens with zero attached hydrogens (tertiary/aromatic N) is 2. The number of hydrogen-bond acceptors (Lipinski definition) is 13. The smallest absolute Gasteiger partial charge is 0.462 e. The van der Waals surface area contributed by atoms with Gasteiger partial charge in [0.2, 0.25) is 0 Å². The van der Waals surface area contributed by atoms with Crippen molar-refractivity contribution in [3.63, 3.8) is 0 Å². The minimum absolute atomic E-state index is 0.0548. The highest BCUT2D eigenvalue weighted by Crippen LogP contribution is 2.35. The van der Waals surface area contributed by atoms with Crippen LogP contribution in [0.15, 0.2) is 23.8 Å².